The van der Waals surface area contributed by atoms with Crippen molar-refractivity contribution in [1.82, 2.24) is 19.7 Å². The van der Waals surface area contributed by atoms with Crippen LogP contribution < -0.4 is 10.4 Å². The number of hydrogen-bond donors (Lipinski definition) is 1. The summed E-state index contributed by atoms with van der Waals surface area (Å²) in [6.45, 7) is 6.03. The minimum atomic E-state index is -0.707. The van der Waals surface area contributed by atoms with E-state index in [2.05, 4.69) is 15.1 Å². The standard InChI is InChI=1S/C20H18N4O3/c1-11-16(12(2)27-23-11)13-7-8-14-17-18(13)26-10-20(3,24(17)19(25)22-14)15-6-4-5-9-21-15/h4-9H,10H2,1-3H3,(H,22,25). The van der Waals surface area contributed by atoms with Crippen LogP contribution in [0.25, 0.3) is 22.2 Å². The zero-order valence-corrected chi connectivity index (χ0v) is 15.2. The van der Waals surface area contributed by atoms with E-state index in [0.29, 0.717) is 18.1 Å². The highest BCUT2D eigenvalue weighted by molar-refractivity contribution is 5.92. The number of rotatable bonds is 2. The molecule has 0 saturated heterocycles. The van der Waals surface area contributed by atoms with Crippen molar-refractivity contribution in [2.24, 2.45) is 0 Å². The van der Waals surface area contributed by atoms with E-state index in [4.69, 9.17) is 9.26 Å². The molecule has 0 radical (unpaired) electrons. The van der Waals surface area contributed by atoms with E-state index in [1.54, 1.807) is 10.8 Å². The third-order valence-electron chi connectivity index (χ3n) is 5.31. The fourth-order valence-corrected chi connectivity index (χ4v) is 4.00. The number of aryl methyl sites for hydroxylation is 2. The molecule has 7 heteroatoms. The van der Waals surface area contributed by atoms with Crippen molar-refractivity contribution in [3.63, 3.8) is 0 Å². The van der Waals surface area contributed by atoms with Gasteiger partial charge in [0, 0.05) is 11.8 Å². The summed E-state index contributed by atoms with van der Waals surface area (Å²) in [5.74, 6) is 1.38. The number of nitrogens with one attached hydrogen (secondary N) is 1. The molecule has 1 aromatic carbocycles. The van der Waals surface area contributed by atoms with Crippen LogP contribution in [0.2, 0.25) is 0 Å². The van der Waals surface area contributed by atoms with Crippen LogP contribution in [0, 0.1) is 13.8 Å². The van der Waals surface area contributed by atoms with Crippen LogP contribution in [0.3, 0.4) is 0 Å². The highest BCUT2D eigenvalue weighted by Gasteiger charge is 2.40. The summed E-state index contributed by atoms with van der Waals surface area (Å²) in [4.78, 5) is 20.3. The number of pyridine rings is 1. The van der Waals surface area contributed by atoms with Gasteiger partial charge in [-0.1, -0.05) is 11.2 Å². The van der Waals surface area contributed by atoms with E-state index in [1.165, 1.54) is 0 Å². The van der Waals surface area contributed by atoms with Gasteiger partial charge in [0.15, 0.2) is 5.75 Å². The molecule has 1 unspecified atom stereocenters. The van der Waals surface area contributed by atoms with Gasteiger partial charge < -0.3 is 14.2 Å². The molecular weight excluding hydrogens is 344 g/mol. The third kappa shape index (κ3) is 2.05. The lowest BCUT2D eigenvalue weighted by Gasteiger charge is -2.35. The molecular formula is C20H18N4O3. The summed E-state index contributed by atoms with van der Waals surface area (Å²) in [5.41, 5.74) is 3.91. The lowest BCUT2D eigenvalue weighted by Crippen LogP contribution is -2.46. The maximum Gasteiger partial charge on any atom is 0.327 e. The average molecular weight is 362 g/mol. The van der Waals surface area contributed by atoms with Crippen LogP contribution in [0.4, 0.5) is 0 Å². The number of aromatic amines is 1. The van der Waals surface area contributed by atoms with Crippen molar-refractivity contribution in [2.45, 2.75) is 26.3 Å². The number of benzene rings is 1. The highest BCUT2D eigenvalue weighted by Crippen LogP contribution is 2.44. The third-order valence-corrected chi connectivity index (χ3v) is 5.31. The first-order chi connectivity index (χ1) is 13.0. The SMILES string of the molecule is Cc1noc(C)c1-c1ccc2[nH]c(=O)n3c2c1OCC3(C)c1ccccn1. The summed E-state index contributed by atoms with van der Waals surface area (Å²) in [7, 11) is 0. The first-order valence-corrected chi connectivity index (χ1v) is 8.76. The van der Waals surface area contributed by atoms with E-state index in [0.717, 1.165) is 33.5 Å². The molecule has 3 aromatic heterocycles. The van der Waals surface area contributed by atoms with Crippen LogP contribution in [0.15, 0.2) is 45.8 Å². The Morgan fingerprint density at radius 3 is 2.78 bits per heavy atom. The Bertz CT molecular complexity index is 1220. The van der Waals surface area contributed by atoms with Crippen molar-refractivity contribution < 1.29 is 9.26 Å². The van der Waals surface area contributed by atoms with E-state index in [1.807, 2.05) is 51.1 Å². The van der Waals surface area contributed by atoms with Gasteiger partial charge in [-0.3, -0.25) is 9.55 Å². The minimum absolute atomic E-state index is 0.182. The molecule has 7 nitrogen and oxygen atoms in total. The predicted octanol–water partition coefficient (Wildman–Crippen LogP) is 3.15. The maximum atomic E-state index is 12.9. The Kier molecular flexibility index (Phi) is 3.13. The van der Waals surface area contributed by atoms with Crippen LogP contribution in [-0.4, -0.2) is 26.3 Å². The van der Waals surface area contributed by atoms with Crippen molar-refractivity contribution in [3.05, 3.63) is 64.2 Å². The van der Waals surface area contributed by atoms with Gasteiger partial charge in [-0.15, -0.1) is 0 Å². The topological polar surface area (TPSA) is 85.9 Å². The van der Waals surface area contributed by atoms with E-state index in [-0.39, 0.29) is 5.69 Å². The van der Waals surface area contributed by atoms with Crippen LogP contribution >= 0.6 is 0 Å². The largest absolute Gasteiger partial charge is 0.488 e. The Morgan fingerprint density at radius 1 is 1.22 bits per heavy atom. The molecule has 1 aliphatic heterocycles. The fraction of sp³-hybridized carbons (Fsp3) is 0.250. The second kappa shape index (κ2) is 5.33. The van der Waals surface area contributed by atoms with Crippen molar-refractivity contribution in [1.29, 1.82) is 0 Å². The Hall–Kier alpha value is -3.35. The van der Waals surface area contributed by atoms with Gasteiger partial charge in [0.25, 0.3) is 0 Å². The summed E-state index contributed by atoms with van der Waals surface area (Å²) >= 11 is 0. The van der Waals surface area contributed by atoms with Gasteiger partial charge in [0.2, 0.25) is 0 Å². The number of aromatic nitrogens is 4. The molecule has 0 amide bonds. The molecule has 4 aromatic rings. The second-order valence-electron chi connectivity index (χ2n) is 7.08. The number of H-pyrrole nitrogens is 1. The predicted molar refractivity (Wildman–Crippen MR) is 100 cm³/mol. The van der Waals surface area contributed by atoms with Crippen LogP contribution in [0.5, 0.6) is 5.75 Å². The quantitative estimate of drug-likeness (QED) is 0.592. The number of nitrogens with zero attached hydrogens (tertiary/aromatic N) is 3. The molecule has 5 rings (SSSR count). The highest BCUT2D eigenvalue weighted by atomic mass is 16.5. The summed E-state index contributed by atoms with van der Waals surface area (Å²) in [6.07, 6.45) is 1.73. The molecule has 136 valence electrons. The summed E-state index contributed by atoms with van der Waals surface area (Å²) in [6, 6.07) is 9.52. The molecule has 0 fully saturated rings. The van der Waals surface area contributed by atoms with Gasteiger partial charge in [-0.25, -0.2) is 4.79 Å². The number of hydrogen-bond acceptors (Lipinski definition) is 5. The second-order valence-corrected chi connectivity index (χ2v) is 7.08. The number of ether oxygens (including phenoxy) is 1. The zero-order valence-electron chi connectivity index (χ0n) is 15.2. The molecule has 27 heavy (non-hydrogen) atoms. The normalized spacial score (nSPS) is 18.6. The van der Waals surface area contributed by atoms with Gasteiger partial charge in [-0.05, 0) is 45.0 Å². The molecule has 4 heterocycles. The maximum absolute atomic E-state index is 12.9. The van der Waals surface area contributed by atoms with Crippen molar-refractivity contribution >= 4 is 11.0 Å². The monoisotopic (exact) mass is 362 g/mol. The van der Waals surface area contributed by atoms with Crippen molar-refractivity contribution in [2.75, 3.05) is 6.61 Å². The lowest BCUT2D eigenvalue weighted by molar-refractivity contribution is 0.182. The molecule has 0 saturated carbocycles. The van der Waals surface area contributed by atoms with Gasteiger partial charge >= 0.3 is 5.69 Å². The van der Waals surface area contributed by atoms with E-state index in [9.17, 15) is 4.79 Å². The van der Waals surface area contributed by atoms with Crippen LogP contribution in [0.1, 0.15) is 24.1 Å². The summed E-state index contributed by atoms with van der Waals surface area (Å²) < 4.78 is 13.3. The molecule has 0 aliphatic carbocycles. The van der Waals surface area contributed by atoms with Gasteiger partial charge in [-0.2, -0.15) is 0 Å². The first kappa shape index (κ1) is 15.9. The Morgan fingerprint density at radius 2 is 2.07 bits per heavy atom. The number of imidazole rings is 1. The van der Waals surface area contributed by atoms with E-state index >= 15 is 0 Å². The lowest BCUT2D eigenvalue weighted by atomic mass is 9.94. The van der Waals surface area contributed by atoms with Gasteiger partial charge in [0.05, 0.1) is 22.5 Å². The fourth-order valence-electron chi connectivity index (χ4n) is 4.00. The molecule has 1 aliphatic rings. The average Bonchev–Trinajstić information content (AvgIpc) is 3.19. The smallest absolute Gasteiger partial charge is 0.327 e. The van der Waals surface area contributed by atoms with Crippen LogP contribution in [-0.2, 0) is 5.54 Å². The zero-order chi connectivity index (χ0) is 18.8. The molecule has 0 spiro atoms. The Labute approximate surface area is 154 Å². The van der Waals surface area contributed by atoms with E-state index < -0.39 is 5.54 Å². The van der Waals surface area contributed by atoms with Crippen molar-refractivity contribution in [3.8, 4) is 16.9 Å². The minimum Gasteiger partial charge on any atom is -0.488 e. The molecule has 1 N–H and O–H groups in total. The van der Waals surface area contributed by atoms with Gasteiger partial charge in [0.1, 0.15) is 23.4 Å². The Balaban J connectivity index is 1.85. The molecule has 0 bridgehead atoms. The summed E-state index contributed by atoms with van der Waals surface area (Å²) in [5, 5.41) is 4.05. The first-order valence-electron chi connectivity index (χ1n) is 8.76. The molecule has 1 atom stereocenters.